The zero-order valence-corrected chi connectivity index (χ0v) is 15.5. The summed E-state index contributed by atoms with van der Waals surface area (Å²) < 4.78 is 11.3. The zero-order valence-electron chi connectivity index (χ0n) is 13.9. The highest BCUT2D eigenvalue weighted by Gasteiger charge is 2.28. The number of morpholine rings is 1. The molecule has 6 nitrogen and oxygen atoms in total. The van der Waals surface area contributed by atoms with Gasteiger partial charge in [-0.2, -0.15) is 0 Å². The predicted octanol–water partition coefficient (Wildman–Crippen LogP) is 3.71. The molecule has 2 aromatic heterocycles. The van der Waals surface area contributed by atoms with E-state index in [9.17, 15) is 5.11 Å². The molecule has 3 aromatic rings. The molecule has 3 heterocycles. The van der Waals surface area contributed by atoms with Gasteiger partial charge in [-0.3, -0.25) is 0 Å². The van der Waals surface area contributed by atoms with Crippen LogP contribution in [0.4, 0.5) is 5.69 Å². The maximum absolute atomic E-state index is 9.94. The molecule has 0 bridgehead atoms. The van der Waals surface area contributed by atoms with Crippen LogP contribution in [-0.2, 0) is 11.3 Å². The van der Waals surface area contributed by atoms with Crippen molar-refractivity contribution in [1.82, 2.24) is 10.1 Å². The molecule has 0 aliphatic carbocycles. The molecule has 0 unspecified atom stereocenters. The topological polar surface area (TPSA) is 71.6 Å². The molecule has 1 N–H and O–H groups in total. The van der Waals surface area contributed by atoms with Gasteiger partial charge < -0.3 is 19.3 Å². The number of aliphatic hydroxyl groups is 1. The Labute approximate surface area is 154 Å². The van der Waals surface area contributed by atoms with Gasteiger partial charge in [0.25, 0.3) is 0 Å². The Kier molecular flexibility index (Phi) is 4.41. The van der Waals surface area contributed by atoms with Crippen LogP contribution in [0.15, 0.2) is 22.2 Å². The molecule has 0 amide bonds. The summed E-state index contributed by atoms with van der Waals surface area (Å²) >= 11 is 8.17. The third-order valence-corrected chi connectivity index (χ3v) is 5.43. The van der Waals surface area contributed by atoms with Crippen molar-refractivity contribution in [2.45, 2.75) is 32.7 Å². The van der Waals surface area contributed by atoms with Crippen LogP contribution < -0.4 is 4.90 Å². The van der Waals surface area contributed by atoms with Crippen LogP contribution in [0.1, 0.15) is 19.4 Å². The Morgan fingerprint density at radius 1 is 1.36 bits per heavy atom. The first kappa shape index (κ1) is 16.8. The number of fused-ring (bicyclic) bond motifs is 1. The van der Waals surface area contributed by atoms with Crippen LogP contribution >= 0.6 is 22.9 Å². The number of anilines is 1. The lowest BCUT2D eigenvalue weighted by Gasteiger charge is -2.38. The summed E-state index contributed by atoms with van der Waals surface area (Å²) in [5.41, 5.74) is 2.71. The van der Waals surface area contributed by atoms with Crippen LogP contribution in [-0.4, -0.2) is 40.5 Å². The fourth-order valence-electron chi connectivity index (χ4n) is 3.40. The normalized spacial score (nSPS) is 21.2. The van der Waals surface area contributed by atoms with E-state index >= 15 is 0 Å². The molecule has 1 aliphatic rings. The van der Waals surface area contributed by atoms with E-state index in [4.69, 9.17) is 20.9 Å². The van der Waals surface area contributed by atoms with Crippen molar-refractivity contribution in [3.8, 4) is 10.7 Å². The number of nitrogens with zero attached hydrogens (tertiary/aromatic N) is 3. The standard InChI is InChI=1S/C17H18ClN3O3S/c1-9-6-21(7-10(2)23-9)15-11(8-22)5-12-14(17-19-3-4-25-17)20-24-16(12)13(15)18/h3-5,9-10,22H,6-8H2,1-2H3/t9-,10+. The van der Waals surface area contributed by atoms with Crippen molar-refractivity contribution >= 4 is 39.6 Å². The molecule has 4 rings (SSSR count). The van der Waals surface area contributed by atoms with Crippen molar-refractivity contribution in [1.29, 1.82) is 0 Å². The number of aromatic nitrogens is 2. The molecule has 2 atom stereocenters. The quantitative estimate of drug-likeness (QED) is 0.748. The number of halogens is 1. The Morgan fingerprint density at radius 2 is 2.12 bits per heavy atom. The highest BCUT2D eigenvalue weighted by Crippen LogP contribution is 2.41. The van der Waals surface area contributed by atoms with Gasteiger partial charge in [0, 0.05) is 30.2 Å². The van der Waals surface area contributed by atoms with Gasteiger partial charge >= 0.3 is 0 Å². The lowest BCUT2D eigenvalue weighted by Crippen LogP contribution is -2.46. The van der Waals surface area contributed by atoms with Crippen molar-refractivity contribution in [3.05, 3.63) is 28.2 Å². The molecule has 1 saturated heterocycles. The summed E-state index contributed by atoms with van der Waals surface area (Å²) in [6, 6.07) is 1.90. The fraction of sp³-hybridized carbons (Fsp3) is 0.412. The number of hydrogen-bond donors (Lipinski definition) is 1. The molecule has 0 radical (unpaired) electrons. The van der Waals surface area contributed by atoms with Crippen molar-refractivity contribution in [2.24, 2.45) is 0 Å². The van der Waals surface area contributed by atoms with E-state index in [1.54, 1.807) is 6.20 Å². The molecule has 1 fully saturated rings. The SMILES string of the molecule is C[C@@H]1CN(c2c(CO)cc3c(-c4nccs4)noc3c2Cl)C[C@H](C)O1. The summed E-state index contributed by atoms with van der Waals surface area (Å²) in [6.45, 7) is 5.35. The third-order valence-electron chi connectivity index (χ3n) is 4.30. The average Bonchev–Trinajstić information content (AvgIpc) is 3.22. The Balaban J connectivity index is 1.87. The van der Waals surface area contributed by atoms with Gasteiger partial charge in [-0.15, -0.1) is 11.3 Å². The van der Waals surface area contributed by atoms with E-state index in [1.807, 2.05) is 25.3 Å². The summed E-state index contributed by atoms with van der Waals surface area (Å²) in [5, 5.41) is 18.0. The molecule has 0 saturated carbocycles. The number of benzene rings is 1. The minimum atomic E-state index is -0.117. The van der Waals surface area contributed by atoms with Crippen LogP contribution in [0.3, 0.4) is 0 Å². The van der Waals surface area contributed by atoms with Gasteiger partial charge in [-0.25, -0.2) is 4.98 Å². The first-order valence-electron chi connectivity index (χ1n) is 8.10. The Morgan fingerprint density at radius 3 is 2.76 bits per heavy atom. The first-order valence-corrected chi connectivity index (χ1v) is 9.36. The van der Waals surface area contributed by atoms with Crippen molar-refractivity contribution in [3.63, 3.8) is 0 Å². The highest BCUT2D eigenvalue weighted by molar-refractivity contribution is 7.13. The van der Waals surface area contributed by atoms with Gasteiger partial charge in [0.1, 0.15) is 15.7 Å². The van der Waals surface area contributed by atoms with Gasteiger partial charge in [-0.1, -0.05) is 16.8 Å². The number of aliphatic hydroxyl groups excluding tert-OH is 1. The zero-order chi connectivity index (χ0) is 17.6. The average molecular weight is 380 g/mol. The van der Waals surface area contributed by atoms with Crippen molar-refractivity contribution in [2.75, 3.05) is 18.0 Å². The highest BCUT2D eigenvalue weighted by atomic mass is 35.5. The largest absolute Gasteiger partial charge is 0.392 e. The Bertz CT molecular complexity index is 886. The van der Waals surface area contributed by atoms with Crippen LogP contribution in [0.2, 0.25) is 5.02 Å². The van der Waals surface area contributed by atoms with Crippen LogP contribution in [0.25, 0.3) is 21.7 Å². The van der Waals surface area contributed by atoms with E-state index in [0.717, 1.165) is 21.6 Å². The molecule has 25 heavy (non-hydrogen) atoms. The number of rotatable bonds is 3. The van der Waals surface area contributed by atoms with E-state index in [1.165, 1.54) is 11.3 Å². The molecule has 8 heteroatoms. The lowest BCUT2D eigenvalue weighted by atomic mass is 10.1. The summed E-state index contributed by atoms with van der Waals surface area (Å²) in [6.07, 6.45) is 1.89. The maximum Gasteiger partial charge on any atom is 0.188 e. The minimum absolute atomic E-state index is 0.0858. The molecular formula is C17H18ClN3O3S. The first-order chi connectivity index (χ1) is 12.1. The molecule has 132 valence electrons. The molecular weight excluding hydrogens is 362 g/mol. The number of ether oxygens (including phenoxy) is 1. The second-order valence-corrected chi connectivity index (χ2v) is 7.54. The van der Waals surface area contributed by atoms with Crippen molar-refractivity contribution < 1.29 is 14.4 Å². The van der Waals surface area contributed by atoms with Gasteiger partial charge in [0.15, 0.2) is 5.58 Å². The van der Waals surface area contributed by atoms with Gasteiger partial charge in [0.05, 0.1) is 29.9 Å². The van der Waals surface area contributed by atoms with E-state index in [-0.39, 0.29) is 18.8 Å². The number of thiazole rings is 1. The monoisotopic (exact) mass is 379 g/mol. The van der Waals surface area contributed by atoms with E-state index < -0.39 is 0 Å². The molecule has 0 spiro atoms. The molecule has 1 aromatic carbocycles. The van der Waals surface area contributed by atoms with Crippen LogP contribution in [0.5, 0.6) is 0 Å². The smallest absolute Gasteiger partial charge is 0.188 e. The van der Waals surface area contributed by atoms with E-state index in [0.29, 0.717) is 29.4 Å². The lowest BCUT2D eigenvalue weighted by molar-refractivity contribution is -0.00530. The van der Waals surface area contributed by atoms with E-state index in [2.05, 4.69) is 15.0 Å². The summed E-state index contributed by atoms with van der Waals surface area (Å²) in [4.78, 5) is 6.44. The fourth-order valence-corrected chi connectivity index (χ4v) is 4.41. The van der Waals surface area contributed by atoms with Gasteiger partial charge in [0.2, 0.25) is 0 Å². The van der Waals surface area contributed by atoms with Crippen LogP contribution in [0, 0.1) is 0 Å². The Hall–Kier alpha value is -1.67. The molecule has 1 aliphatic heterocycles. The summed E-state index contributed by atoms with van der Waals surface area (Å²) in [5.74, 6) is 0. The minimum Gasteiger partial charge on any atom is -0.392 e. The second-order valence-electron chi connectivity index (χ2n) is 6.26. The predicted molar refractivity (Wildman–Crippen MR) is 98.3 cm³/mol. The second kappa shape index (κ2) is 6.57. The summed E-state index contributed by atoms with van der Waals surface area (Å²) in [7, 11) is 0. The number of hydrogen-bond acceptors (Lipinski definition) is 7. The van der Waals surface area contributed by atoms with Gasteiger partial charge in [-0.05, 0) is 19.9 Å². The maximum atomic E-state index is 9.94. The third kappa shape index (κ3) is 2.91.